The van der Waals surface area contributed by atoms with Crippen LogP contribution in [-0.4, -0.2) is 69.0 Å². The van der Waals surface area contributed by atoms with Crippen LogP contribution in [0.25, 0.3) is 10.9 Å². The number of carbonyl (C=O) groups excluding carboxylic acids is 4. The molecule has 3 rings (SSSR count). The van der Waals surface area contributed by atoms with Crippen LogP contribution in [0.3, 0.4) is 0 Å². The standard InChI is InChI=1S/C29H36N6O7/c1-15(2)25(28(40)34-23(29(41)42)13-24(31)37)35-27(39)22(11-16-7-9-18(36)10-8-16)33-26(38)20(30)12-17-14-32-21-6-4-3-5-19(17)21/h3-10,14-15,20,22-23,25,32,36H,11-13,30H2,1-2H3,(H2,31,37)(H,33,38)(H,34,40)(H,35,39)(H,41,42). The van der Waals surface area contributed by atoms with Crippen LogP contribution in [0, 0.1) is 5.92 Å². The zero-order valence-corrected chi connectivity index (χ0v) is 23.3. The lowest BCUT2D eigenvalue weighted by atomic mass is 9.99. The van der Waals surface area contributed by atoms with Gasteiger partial charge in [-0.05, 0) is 41.7 Å². The van der Waals surface area contributed by atoms with E-state index < -0.39 is 66.1 Å². The summed E-state index contributed by atoms with van der Waals surface area (Å²) in [6.07, 6.45) is 1.33. The molecule has 0 aliphatic heterocycles. The Bertz CT molecular complexity index is 1440. The number of hydrogen-bond donors (Lipinski definition) is 8. The molecule has 0 fully saturated rings. The van der Waals surface area contributed by atoms with E-state index in [2.05, 4.69) is 20.9 Å². The number of primary amides is 1. The molecule has 2 aromatic carbocycles. The first kappa shape index (κ1) is 31.6. The van der Waals surface area contributed by atoms with E-state index in [0.29, 0.717) is 5.56 Å². The van der Waals surface area contributed by atoms with Crippen LogP contribution >= 0.6 is 0 Å². The number of aromatic hydroxyl groups is 1. The summed E-state index contributed by atoms with van der Waals surface area (Å²) in [6, 6.07) is 8.63. The summed E-state index contributed by atoms with van der Waals surface area (Å²) < 4.78 is 0. The molecule has 4 unspecified atom stereocenters. The number of carboxylic acids is 1. The fourth-order valence-corrected chi connectivity index (χ4v) is 4.44. The number of benzene rings is 2. The molecule has 4 atom stereocenters. The molecule has 0 radical (unpaired) electrons. The van der Waals surface area contributed by atoms with Crippen LogP contribution in [-0.2, 0) is 36.8 Å². The maximum atomic E-state index is 13.5. The van der Waals surface area contributed by atoms with Gasteiger partial charge in [0, 0.05) is 23.5 Å². The third-order valence-corrected chi connectivity index (χ3v) is 6.73. The second kappa shape index (κ2) is 14.1. The van der Waals surface area contributed by atoms with Gasteiger partial charge in [-0.15, -0.1) is 0 Å². The molecule has 0 saturated heterocycles. The lowest BCUT2D eigenvalue weighted by Crippen LogP contribution is -2.59. The second-order valence-corrected chi connectivity index (χ2v) is 10.4. The van der Waals surface area contributed by atoms with Crippen molar-refractivity contribution in [1.29, 1.82) is 0 Å². The van der Waals surface area contributed by atoms with E-state index in [1.165, 1.54) is 12.1 Å². The summed E-state index contributed by atoms with van der Waals surface area (Å²) in [5.41, 5.74) is 13.7. The summed E-state index contributed by atoms with van der Waals surface area (Å²) in [4.78, 5) is 65.5. The number of para-hydroxylation sites is 1. The molecule has 0 aliphatic rings. The molecule has 0 aliphatic carbocycles. The number of aliphatic carboxylic acids is 1. The van der Waals surface area contributed by atoms with Crippen LogP contribution < -0.4 is 27.4 Å². The van der Waals surface area contributed by atoms with Gasteiger partial charge in [-0.3, -0.25) is 19.2 Å². The van der Waals surface area contributed by atoms with E-state index >= 15 is 0 Å². The summed E-state index contributed by atoms with van der Waals surface area (Å²) in [5.74, 6) is -5.01. The van der Waals surface area contributed by atoms with Crippen LogP contribution in [0.5, 0.6) is 5.75 Å². The van der Waals surface area contributed by atoms with Crippen molar-refractivity contribution in [3.63, 3.8) is 0 Å². The van der Waals surface area contributed by atoms with Gasteiger partial charge >= 0.3 is 5.97 Å². The van der Waals surface area contributed by atoms with Crippen LogP contribution in [0.1, 0.15) is 31.4 Å². The van der Waals surface area contributed by atoms with Crippen molar-refractivity contribution < 1.29 is 34.2 Å². The predicted octanol–water partition coefficient (Wildman–Crippen LogP) is 0.0564. The third kappa shape index (κ3) is 8.54. The minimum absolute atomic E-state index is 0.00349. The Kier molecular flexibility index (Phi) is 10.6. The highest BCUT2D eigenvalue weighted by atomic mass is 16.4. The Balaban J connectivity index is 1.78. The Hall–Kier alpha value is -4.91. The number of H-pyrrole nitrogens is 1. The molecule has 13 nitrogen and oxygen atoms in total. The quantitative estimate of drug-likeness (QED) is 0.130. The zero-order valence-electron chi connectivity index (χ0n) is 23.3. The van der Waals surface area contributed by atoms with Gasteiger partial charge in [0.05, 0.1) is 12.5 Å². The van der Waals surface area contributed by atoms with Crippen LogP contribution in [0.2, 0.25) is 0 Å². The lowest BCUT2D eigenvalue weighted by molar-refractivity contribution is -0.144. The minimum atomic E-state index is -1.58. The van der Waals surface area contributed by atoms with Gasteiger partial charge in [-0.25, -0.2) is 4.79 Å². The lowest BCUT2D eigenvalue weighted by Gasteiger charge is -2.27. The maximum absolute atomic E-state index is 13.5. The van der Waals surface area contributed by atoms with Crippen molar-refractivity contribution >= 4 is 40.5 Å². The van der Waals surface area contributed by atoms with E-state index in [0.717, 1.165) is 16.5 Å². The number of nitrogens with one attached hydrogen (secondary N) is 4. The molecule has 1 aromatic heterocycles. The Morgan fingerprint density at radius 1 is 0.857 bits per heavy atom. The molecule has 1 heterocycles. The van der Waals surface area contributed by atoms with Crippen molar-refractivity contribution in [2.45, 2.75) is 57.3 Å². The molecule has 10 N–H and O–H groups in total. The molecule has 0 bridgehead atoms. The summed E-state index contributed by atoms with van der Waals surface area (Å²) in [7, 11) is 0. The van der Waals surface area contributed by atoms with E-state index in [1.807, 2.05) is 24.3 Å². The SMILES string of the molecule is CC(C)C(NC(=O)C(Cc1ccc(O)cc1)NC(=O)C(N)Cc1c[nH]c2ccccc12)C(=O)NC(CC(N)=O)C(=O)O. The smallest absolute Gasteiger partial charge is 0.326 e. The van der Waals surface area contributed by atoms with Gasteiger partial charge in [0.15, 0.2) is 0 Å². The molecule has 13 heteroatoms. The number of hydrogen-bond acceptors (Lipinski definition) is 7. The molecular weight excluding hydrogens is 544 g/mol. The van der Waals surface area contributed by atoms with E-state index in [1.54, 1.807) is 32.2 Å². The normalized spacial score (nSPS) is 14.0. The van der Waals surface area contributed by atoms with E-state index in [-0.39, 0.29) is 18.6 Å². The number of phenolic OH excluding ortho intramolecular Hbond substituents is 1. The van der Waals surface area contributed by atoms with Crippen molar-refractivity contribution in [2.24, 2.45) is 17.4 Å². The minimum Gasteiger partial charge on any atom is -0.508 e. The zero-order chi connectivity index (χ0) is 31.0. The third-order valence-electron chi connectivity index (χ3n) is 6.73. The number of carboxylic acid groups (broad SMARTS) is 1. The van der Waals surface area contributed by atoms with Crippen molar-refractivity contribution in [2.75, 3.05) is 0 Å². The number of carbonyl (C=O) groups is 5. The Labute approximate surface area is 242 Å². The summed E-state index contributed by atoms with van der Waals surface area (Å²) >= 11 is 0. The van der Waals surface area contributed by atoms with Gasteiger partial charge in [-0.2, -0.15) is 0 Å². The number of phenols is 1. The topological polar surface area (TPSA) is 230 Å². The fraction of sp³-hybridized carbons (Fsp3) is 0.345. The molecular formula is C29H36N6O7. The molecule has 0 saturated carbocycles. The monoisotopic (exact) mass is 580 g/mol. The van der Waals surface area contributed by atoms with Gasteiger partial charge in [-0.1, -0.05) is 44.2 Å². The number of fused-ring (bicyclic) bond motifs is 1. The largest absolute Gasteiger partial charge is 0.508 e. The molecule has 224 valence electrons. The maximum Gasteiger partial charge on any atom is 0.326 e. The first-order valence-electron chi connectivity index (χ1n) is 13.4. The molecule has 42 heavy (non-hydrogen) atoms. The first-order valence-corrected chi connectivity index (χ1v) is 13.4. The van der Waals surface area contributed by atoms with Gasteiger partial charge in [0.1, 0.15) is 23.9 Å². The average Bonchev–Trinajstić information content (AvgIpc) is 3.33. The molecule has 4 amide bonds. The fourth-order valence-electron chi connectivity index (χ4n) is 4.44. The van der Waals surface area contributed by atoms with Crippen molar-refractivity contribution in [3.05, 3.63) is 65.9 Å². The Morgan fingerprint density at radius 2 is 1.50 bits per heavy atom. The van der Waals surface area contributed by atoms with Crippen LogP contribution in [0.4, 0.5) is 0 Å². The summed E-state index contributed by atoms with van der Waals surface area (Å²) in [5, 5.41) is 27.4. The van der Waals surface area contributed by atoms with Gasteiger partial charge < -0.3 is 42.6 Å². The second-order valence-electron chi connectivity index (χ2n) is 10.4. The predicted molar refractivity (Wildman–Crippen MR) is 154 cm³/mol. The van der Waals surface area contributed by atoms with Gasteiger partial charge in [0.25, 0.3) is 0 Å². The number of amides is 4. The highest BCUT2D eigenvalue weighted by Gasteiger charge is 2.32. The van der Waals surface area contributed by atoms with Gasteiger partial charge in [0.2, 0.25) is 23.6 Å². The van der Waals surface area contributed by atoms with Crippen molar-refractivity contribution in [3.8, 4) is 5.75 Å². The number of nitrogens with two attached hydrogens (primary N) is 2. The van der Waals surface area contributed by atoms with Crippen LogP contribution in [0.15, 0.2) is 54.7 Å². The Morgan fingerprint density at radius 3 is 2.12 bits per heavy atom. The highest BCUT2D eigenvalue weighted by Crippen LogP contribution is 2.19. The molecule has 3 aromatic rings. The number of rotatable bonds is 14. The first-order chi connectivity index (χ1) is 19.8. The van der Waals surface area contributed by atoms with E-state index in [9.17, 15) is 34.2 Å². The number of aromatic nitrogens is 1. The van der Waals surface area contributed by atoms with E-state index in [4.69, 9.17) is 11.5 Å². The summed E-state index contributed by atoms with van der Waals surface area (Å²) in [6.45, 7) is 3.28. The highest BCUT2D eigenvalue weighted by molar-refractivity contribution is 5.95. The number of aromatic amines is 1. The average molecular weight is 581 g/mol. The van der Waals surface area contributed by atoms with Crippen molar-refractivity contribution in [1.82, 2.24) is 20.9 Å². The molecule has 0 spiro atoms.